The Labute approximate surface area is 134 Å². The van der Waals surface area contributed by atoms with Crippen LogP contribution in [0.3, 0.4) is 0 Å². The fourth-order valence-corrected chi connectivity index (χ4v) is 1.80. The Morgan fingerprint density at radius 3 is 2.24 bits per heavy atom. The van der Waals surface area contributed by atoms with Gasteiger partial charge in [0.25, 0.3) is 0 Å². The van der Waals surface area contributed by atoms with Crippen molar-refractivity contribution < 1.29 is 37.4 Å². The van der Waals surface area contributed by atoms with Crippen LogP contribution in [0.5, 0.6) is 0 Å². The van der Waals surface area contributed by atoms with Crippen molar-refractivity contribution in [3.05, 3.63) is 12.8 Å². The summed E-state index contributed by atoms with van der Waals surface area (Å²) in [6, 6.07) is 1.25. The van der Waals surface area contributed by atoms with Crippen LogP contribution in [0.4, 0.5) is 0 Å². The molecule has 1 aliphatic heterocycles. The van der Waals surface area contributed by atoms with Crippen LogP contribution in [0.2, 0.25) is 0 Å². The molecular weight excluding hydrogens is 287 g/mol. The Morgan fingerprint density at radius 2 is 1.82 bits per heavy atom. The first kappa shape index (κ1) is 20.3. The molecule has 0 bridgehead atoms. The molecule has 1 radical (unpaired) electrons. The van der Waals surface area contributed by atoms with Gasteiger partial charge in [-0.3, -0.25) is 0 Å². The second-order valence-electron chi connectivity index (χ2n) is 4.93. The van der Waals surface area contributed by atoms with Crippen molar-refractivity contribution >= 4 is 0 Å². The molecule has 1 fully saturated rings. The molecule has 0 aromatic heterocycles. The molecule has 0 aromatic carbocycles. The summed E-state index contributed by atoms with van der Waals surface area (Å²) in [5.41, 5.74) is 0. The molecule has 17 heavy (non-hydrogen) atoms. The van der Waals surface area contributed by atoms with Gasteiger partial charge in [-0.1, -0.05) is 0 Å². The van der Waals surface area contributed by atoms with E-state index in [2.05, 4.69) is 39.0 Å². The van der Waals surface area contributed by atoms with Gasteiger partial charge in [0.05, 0.1) is 12.7 Å². The molecule has 1 aliphatic rings. The van der Waals surface area contributed by atoms with Crippen molar-refractivity contribution in [3.63, 3.8) is 0 Å². The van der Waals surface area contributed by atoms with Crippen molar-refractivity contribution in [2.45, 2.75) is 66.2 Å². The third-order valence-electron chi connectivity index (χ3n) is 2.53. The van der Waals surface area contributed by atoms with E-state index >= 15 is 0 Å². The SMILES string of the molecule is CC(C)OC[C@@H]1C[CH-]CN1C(C)C.C[CH-]C.[Y]. The normalized spacial score (nSPS) is 20.1. The summed E-state index contributed by atoms with van der Waals surface area (Å²) in [4.78, 5) is 2.50. The predicted octanol–water partition coefficient (Wildman–Crippen LogP) is 3.33. The summed E-state index contributed by atoms with van der Waals surface area (Å²) in [7, 11) is 0. The Hall–Kier alpha value is 1.02. The summed E-state index contributed by atoms with van der Waals surface area (Å²) in [6.07, 6.45) is 5.90. The average Bonchev–Trinajstić information content (AvgIpc) is 2.63. The van der Waals surface area contributed by atoms with Crippen LogP contribution < -0.4 is 0 Å². The maximum Gasteiger partial charge on any atom is 0.0599 e. The fraction of sp³-hybridized carbons (Fsp3) is 0.857. The van der Waals surface area contributed by atoms with Gasteiger partial charge in [0.15, 0.2) is 0 Å². The van der Waals surface area contributed by atoms with Crippen LogP contribution in [0.1, 0.15) is 48.0 Å². The Bertz CT molecular complexity index is 162. The number of hydrogen-bond donors (Lipinski definition) is 0. The van der Waals surface area contributed by atoms with Gasteiger partial charge in [-0.25, -0.2) is 0 Å². The first-order valence-corrected chi connectivity index (χ1v) is 6.45. The van der Waals surface area contributed by atoms with E-state index in [0.717, 1.165) is 13.2 Å². The van der Waals surface area contributed by atoms with E-state index in [4.69, 9.17) is 4.74 Å². The molecule has 3 heteroatoms. The Kier molecular flexibility index (Phi) is 14.5. The molecule has 1 heterocycles. The Balaban J connectivity index is 0. The second kappa shape index (κ2) is 12.1. The summed E-state index contributed by atoms with van der Waals surface area (Å²) < 4.78 is 5.64. The number of hydrogen-bond acceptors (Lipinski definition) is 2. The quantitative estimate of drug-likeness (QED) is 0.738. The van der Waals surface area contributed by atoms with E-state index in [9.17, 15) is 0 Å². The fourth-order valence-electron chi connectivity index (χ4n) is 1.80. The number of nitrogens with zero attached hydrogens (tertiary/aromatic N) is 1. The van der Waals surface area contributed by atoms with Gasteiger partial charge in [-0.05, 0) is 27.7 Å². The standard InChI is InChI=1S/C11H22NO.C3H7.Y/c1-9(2)12-7-5-6-11(12)8-13-10(3)4;1-3-2;/h5,9-11H,6-8H2,1-4H3;3H,1-2H3;/q2*-1;/t11-;;/m0../s1. The summed E-state index contributed by atoms with van der Waals surface area (Å²) >= 11 is 0. The van der Waals surface area contributed by atoms with Crippen molar-refractivity contribution in [2.75, 3.05) is 13.2 Å². The smallest absolute Gasteiger partial charge is 0.0599 e. The van der Waals surface area contributed by atoms with Gasteiger partial charge >= 0.3 is 0 Å². The average molecular weight is 316 g/mol. The van der Waals surface area contributed by atoms with E-state index in [1.165, 1.54) is 6.42 Å². The molecule has 0 amide bonds. The van der Waals surface area contributed by atoms with E-state index in [0.29, 0.717) is 18.2 Å². The zero-order valence-electron chi connectivity index (χ0n) is 12.4. The van der Waals surface area contributed by atoms with E-state index < -0.39 is 0 Å². The zero-order chi connectivity index (χ0) is 12.6. The third kappa shape index (κ3) is 9.58. The predicted molar refractivity (Wildman–Crippen MR) is 71.3 cm³/mol. The molecule has 0 aliphatic carbocycles. The van der Waals surface area contributed by atoms with Crippen molar-refractivity contribution in [2.24, 2.45) is 0 Å². The second-order valence-corrected chi connectivity index (χ2v) is 4.93. The van der Waals surface area contributed by atoms with Gasteiger partial charge in [-0.15, -0.1) is 6.54 Å². The molecule has 1 rings (SSSR count). The van der Waals surface area contributed by atoms with Crippen LogP contribution in [-0.4, -0.2) is 36.2 Å². The summed E-state index contributed by atoms with van der Waals surface area (Å²) in [5.74, 6) is 0. The van der Waals surface area contributed by atoms with Gasteiger partial charge in [0.2, 0.25) is 0 Å². The van der Waals surface area contributed by atoms with Crippen LogP contribution in [-0.2, 0) is 37.4 Å². The van der Waals surface area contributed by atoms with Crippen LogP contribution in [0.15, 0.2) is 0 Å². The van der Waals surface area contributed by atoms with Crippen molar-refractivity contribution in [3.8, 4) is 0 Å². The topological polar surface area (TPSA) is 12.5 Å². The molecular formula is C14H29NOY-2. The molecule has 0 N–H and O–H groups in total. The molecule has 0 unspecified atom stereocenters. The van der Waals surface area contributed by atoms with E-state index in [-0.39, 0.29) is 32.7 Å². The zero-order valence-corrected chi connectivity index (χ0v) is 15.3. The van der Waals surface area contributed by atoms with Gasteiger partial charge in [0, 0.05) is 44.8 Å². The third-order valence-corrected chi connectivity index (χ3v) is 2.53. The van der Waals surface area contributed by atoms with Gasteiger partial charge in [-0.2, -0.15) is 20.3 Å². The number of likely N-dealkylation sites (tertiary alicyclic amines) is 1. The molecule has 101 valence electrons. The molecule has 0 saturated carbocycles. The number of rotatable bonds is 4. The molecule has 1 atom stereocenters. The minimum Gasteiger partial charge on any atom is -0.377 e. The van der Waals surface area contributed by atoms with Gasteiger partial charge < -0.3 is 22.5 Å². The van der Waals surface area contributed by atoms with Crippen LogP contribution >= 0.6 is 0 Å². The summed E-state index contributed by atoms with van der Waals surface area (Å²) in [6.45, 7) is 14.7. The molecule has 2 nitrogen and oxygen atoms in total. The minimum absolute atomic E-state index is 0. The van der Waals surface area contributed by atoms with Gasteiger partial charge in [0.1, 0.15) is 0 Å². The van der Waals surface area contributed by atoms with Crippen molar-refractivity contribution in [1.29, 1.82) is 0 Å². The minimum atomic E-state index is 0. The maximum absolute atomic E-state index is 5.64. The first-order valence-electron chi connectivity index (χ1n) is 6.45. The molecule has 0 spiro atoms. The summed E-state index contributed by atoms with van der Waals surface area (Å²) in [5, 5.41) is 0. The maximum atomic E-state index is 5.64. The van der Waals surface area contributed by atoms with Crippen LogP contribution in [0, 0.1) is 12.8 Å². The largest absolute Gasteiger partial charge is 0.377 e. The monoisotopic (exact) mass is 316 g/mol. The first-order chi connectivity index (χ1) is 7.52. The molecule has 1 saturated heterocycles. The van der Waals surface area contributed by atoms with E-state index in [1.54, 1.807) is 0 Å². The van der Waals surface area contributed by atoms with Crippen LogP contribution in [0.25, 0.3) is 0 Å². The van der Waals surface area contributed by atoms with Crippen molar-refractivity contribution in [1.82, 2.24) is 4.90 Å². The Morgan fingerprint density at radius 1 is 1.29 bits per heavy atom. The number of ether oxygens (including phenoxy) is 1. The molecule has 0 aromatic rings. The van der Waals surface area contributed by atoms with E-state index in [1.807, 2.05) is 20.3 Å².